The lowest BCUT2D eigenvalue weighted by atomic mass is 10.0. The van der Waals surface area contributed by atoms with Crippen LogP contribution in [0.3, 0.4) is 0 Å². The topological polar surface area (TPSA) is 67.9 Å². The monoisotopic (exact) mass is 320 g/mol. The number of halogens is 1. The molecular weight excluding hydrogens is 296 g/mol. The Hall–Kier alpha value is -0.850. The Morgan fingerprint density at radius 3 is 2.62 bits per heavy atom. The van der Waals surface area contributed by atoms with Gasteiger partial charge in [-0.15, -0.1) is 11.6 Å². The molecule has 0 spiro atoms. The fourth-order valence-corrected chi connectivity index (χ4v) is 2.36. The van der Waals surface area contributed by atoms with Crippen LogP contribution < -0.4 is 5.32 Å². The maximum absolute atomic E-state index is 11.8. The van der Waals surface area contributed by atoms with E-state index in [0.29, 0.717) is 38.6 Å². The lowest BCUT2D eigenvalue weighted by Gasteiger charge is -2.32. The molecule has 0 saturated carbocycles. The Balaban J connectivity index is 2.15. The van der Waals surface area contributed by atoms with Crippen LogP contribution in [0.25, 0.3) is 0 Å². The van der Waals surface area contributed by atoms with E-state index >= 15 is 0 Å². The number of alkyl halides is 1. The lowest BCUT2D eigenvalue weighted by molar-refractivity contribution is -0.132. The summed E-state index contributed by atoms with van der Waals surface area (Å²) in [7, 11) is 1.59. The van der Waals surface area contributed by atoms with Crippen molar-refractivity contribution in [3.05, 3.63) is 0 Å². The molecule has 1 fully saturated rings. The summed E-state index contributed by atoms with van der Waals surface area (Å²) >= 11 is 5.59. The van der Waals surface area contributed by atoms with Crippen LogP contribution in [0.4, 0.5) is 0 Å². The molecule has 0 aromatic carbocycles. The first-order valence-electron chi connectivity index (χ1n) is 7.37. The molecule has 6 nitrogen and oxygen atoms in total. The van der Waals surface area contributed by atoms with Crippen LogP contribution >= 0.6 is 11.6 Å². The van der Waals surface area contributed by atoms with Crippen molar-refractivity contribution in [2.45, 2.75) is 31.7 Å². The molecular formula is C14H25ClN2O4. The van der Waals surface area contributed by atoms with Gasteiger partial charge in [0.1, 0.15) is 6.61 Å². The summed E-state index contributed by atoms with van der Waals surface area (Å²) in [5, 5.41) is 2.93. The molecule has 122 valence electrons. The van der Waals surface area contributed by atoms with Crippen LogP contribution in [0.15, 0.2) is 0 Å². The third-order valence-electron chi connectivity index (χ3n) is 3.40. The Morgan fingerprint density at radius 1 is 1.29 bits per heavy atom. The summed E-state index contributed by atoms with van der Waals surface area (Å²) in [5.74, 6) is 0.558. The summed E-state index contributed by atoms with van der Waals surface area (Å²) in [6.07, 6.45) is 2.80. The highest BCUT2D eigenvalue weighted by atomic mass is 35.5. The lowest BCUT2D eigenvalue weighted by Crippen LogP contribution is -2.47. The number of hydrogen-bond donors (Lipinski definition) is 1. The molecule has 0 aliphatic carbocycles. The second-order valence-corrected chi connectivity index (χ2v) is 5.44. The van der Waals surface area contributed by atoms with Crippen LogP contribution in [-0.4, -0.2) is 68.7 Å². The summed E-state index contributed by atoms with van der Waals surface area (Å²) in [6.45, 7) is 2.33. The number of hydrogen-bond acceptors (Lipinski definition) is 4. The predicted octanol–water partition coefficient (Wildman–Crippen LogP) is 0.776. The first-order valence-corrected chi connectivity index (χ1v) is 7.90. The summed E-state index contributed by atoms with van der Waals surface area (Å²) in [4.78, 5) is 25.3. The number of likely N-dealkylation sites (tertiary alicyclic amines) is 1. The fraction of sp³-hybridized carbons (Fsp3) is 0.857. The number of rotatable bonds is 9. The highest BCUT2D eigenvalue weighted by molar-refractivity contribution is 6.17. The van der Waals surface area contributed by atoms with E-state index in [4.69, 9.17) is 21.1 Å². The smallest absolute Gasteiger partial charge is 0.246 e. The molecule has 7 heteroatoms. The zero-order valence-electron chi connectivity index (χ0n) is 12.6. The summed E-state index contributed by atoms with van der Waals surface area (Å²) < 4.78 is 10.0. The molecule has 1 aliphatic rings. The van der Waals surface area contributed by atoms with E-state index in [1.54, 1.807) is 7.11 Å². The van der Waals surface area contributed by atoms with Crippen molar-refractivity contribution < 1.29 is 19.1 Å². The standard InChI is InChI=1S/C14H25ClN2O4/c1-20-9-10-21-11-13(18)16-12-4-7-17(8-5-12)14(19)3-2-6-15/h12H,2-11H2,1H3,(H,16,18). The summed E-state index contributed by atoms with van der Waals surface area (Å²) in [6, 6.07) is 0.126. The fourth-order valence-electron chi connectivity index (χ4n) is 2.23. The third kappa shape index (κ3) is 7.64. The van der Waals surface area contributed by atoms with E-state index in [-0.39, 0.29) is 24.5 Å². The van der Waals surface area contributed by atoms with Gasteiger partial charge in [0.05, 0.1) is 13.2 Å². The van der Waals surface area contributed by atoms with Crippen molar-refractivity contribution in [3.63, 3.8) is 0 Å². The molecule has 0 radical (unpaired) electrons. The SMILES string of the molecule is COCCOCC(=O)NC1CCN(C(=O)CCCCl)CC1. The van der Waals surface area contributed by atoms with E-state index in [1.807, 2.05) is 4.90 Å². The first kappa shape index (κ1) is 18.2. The number of ether oxygens (including phenoxy) is 2. The normalized spacial score (nSPS) is 16.0. The maximum Gasteiger partial charge on any atom is 0.246 e. The van der Waals surface area contributed by atoms with Crippen LogP contribution in [0, 0.1) is 0 Å². The number of amides is 2. The van der Waals surface area contributed by atoms with Gasteiger partial charge in [0.2, 0.25) is 11.8 Å². The molecule has 0 aromatic heterocycles. The van der Waals surface area contributed by atoms with E-state index < -0.39 is 0 Å². The number of methoxy groups -OCH3 is 1. The van der Waals surface area contributed by atoms with Gasteiger partial charge in [-0.05, 0) is 19.3 Å². The molecule has 0 atom stereocenters. The van der Waals surface area contributed by atoms with E-state index in [1.165, 1.54) is 0 Å². The molecule has 0 unspecified atom stereocenters. The molecule has 21 heavy (non-hydrogen) atoms. The van der Waals surface area contributed by atoms with Crippen LogP contribution in [0.2, 0.25) is 0 Å². The number of nitrogens with one attached hydrogen (secondary N) is 1. The molecule has 1 saturated heterocycles. The molecule has 2 amide bonds. The maximum atomic E-state index is 11.8. The Kier molecular flexibility index (Phi) is 9.37. The van der Waals surface area contributed by atoms with Crippen molar-refractivity contribution in [2.75, 3.05) is 45.9 Å². The van der Waals surface area contributed by atoms with Crippen molar-refractivity contribution in [1.29, 1.82) is 0 Å². The van der Waals surface area contributed by atoms with Gasteiger partial charge in [-0.25, -0.2) is 0 Å². The van der Waals surface area contributed by atoms with Gasteiger partial charge >= 0.3 is 0 Å². The number of carbonyl (C=O) groups excluding carboxylic acids is 2. The largest absolute Gasteiger partial charge is 0.382 e. The number of nitrogens with zero attached hydrogens (tertiary/aromatic N) is 1. The minimum Gasteiger partial charge on any atom is -0.382 e. The number of carbonyl (C=O) groups is 2. The van der Waals surface area contributed by atoms with Gasteiger partial charge in [-0.1, -0.05) is 0 Å². The first-order chi connectivity index (χ1) is 10.2. The molecule has 1 heterocycles. The molecule has 0 bridgehead atoms. The highest BCUT2D eigenvalue weighted by Gasteiger charge is 2.23. The highest BCUT2D eigenvalue weighted by Crippen LogP contribution is 2.12. The van der Waals surface area contributed by atoms with Crippen LogP contribution in [-0.2, 0) is 19.1 Å². The zero-order valence-corrected chi connectivity index (χ0v) is 13.4. The average Bonchev–Trinajstić information content (AvgIpc) is 2.50. The molecule has 0 aromatic rings. The van der Waals surface area contributed by atoms with Gasteiger partial charge in [0, 0.05) is 38.5 Å². The third-order valence-corrected chi connectivity index (χ3v) is 3.67. The van der Waals surface area contributed by atoms with Gasteiger partial charge in [0.25, 0.3) is 0 Å². The van der Waals surface area contributed by atoms with E-state index in [9.17, 15) is 9.59 Å². The minimum absolute atomic E-state index is 0.0538. The Labute approximate surface area is 131 Å². The van der Waals surface area contributed by atoms with Crippen molar-refractivity contribution >= 4 is 23.4 Å². The minimum atomic E-state index is -0.113. The van der Waals surface area contributed by atoms with Gasteiger partial charge < -0.3 is 19.7 Å². The number of piperidine rings is 1. The second kappa shape index (κ2) is 10.8. The van der Waals surface area contributed by atoms with E-state index in [0.717, 1.165) is 19.3 Å². The van der Waals surface area contributed by atoms with Crippen LogP contribution in [0.1, 0.15) is 25.7 Å². The second-order valence-electron chi connectivity index (χ2n) is 5.06. The van der Waals surface area contributed by atoms with E-state index in [2.05, 4.69) is 5.32 Å². The molecule has 1 N–H and O–H groups in total. The predicted molar refractivity (Wildman–Crippen MR) is 80.4 cm³/mol. The average molecular weight is 321 g/mol. The Morgan fingerprint density at radius 2 is 2.00 bits per heavy atom. The van der Waals surface area contributed by atoms with Crippen LogP contribution in [0.5, 0.6) is 0 Å². The van der Waals surface area contributed by atoms with Crippen molar-refractivity contribution in [2.24, 2.45) is 0 Å². The van der Waals surface area contributed by atoms with Gasteiger partial charge in [-0.3, -0.25) is 9.59 Å². The van der Waals surface area contributed by atoms with Crippen molar-refractivity contribution in [1.82, 2.24) is 10.2 Å². The summed E-state index contributed by atoms with van der Waals surface area (Å²) in [5.41, 5.74) is 0. The van der Waals surface area contributed by atoms with Gasteiger partial charge in [0.15, 0.2) is 0 Å². The molecule has 1 rings (SSSR count). The molecule has 1 aliphatic heterocycles. The zero-order chi connectivity index (χ0) is 15.5. The van der Waals surface area contributed by atoms with Gasteiger partial charge in [-0.2, -0.15) is 0 Å². The Bertz CT molecular complexity index is 320. The van der Waals surface area contributed by atoms with Crippen molar-refractivity contribution in [3.8, 4) is 0 Å². The quantitative estimate of drug-likeness (QED) is 0.503.